The van der Waals surface area contributed by atoms with Crippen molar-refractivity contribution in [2.75, 3.05) is 19.0 Å². The second-order valence-corrected chi connectivity index (χ2v) is 6.47. The van der Waals surface area contributed by atoms with E-state index in [2.05, 4.69) is 15.6 Å². The zero-order valence-electron chi connectivity index (χ0n) is 14.8. The van der Waals surface area contributed by atoms with Crippen LogP contribution in [0.15, 0.2) is 48.7 Å². The highest BCUT2D eigenvalue weighted by Crippen LogP contribution is 2.27. The van der Waals surface area contributed by atoms with Crippen LogP contribution >= 0.6 is 11.6 Å². The smallest absolute Gasteiger partial charge is 0.233 e. The lowest BCUT2D eigenvalue weighted by molar-refractivity contribution is -0.126. The maximum absolute atomic E-state index is 12.1. The molecule has 0 aliphatic heterocycles. The van der Waals surface area contributed by atoms with Gasteiger partial charge in [-0.2, -0.15) is 0 Å². The number of aromatic amines is 1. The third-order valence-corrected chi connectivity index (χ3v) is 4.38. The molecule has 0 aliphatic rings. The van der Waals surface area contributed by atoms with Crippen LogP contribution in [-0.2, 0) is 16.0 Å². The lowest BCUT2D eigenvalue weighted by Gasteiger charge is -2.10. The lowest BCUT2D eigenvalue weighted by Crippen LogP contribution is -2.29. The Bertz CT molecular complexity index is 968. The molecule has 0 aliphatic carbocycles. The van der Waals surface area contributed by atoms with Crippen molar-refractivity contribution < 1.29 is 14.3 Å². The molecule has 140 valence electrons. The SMILES string of the molecule is COc1ccc(Cl)cc1NC(=O)CC(=O)NCCc1c[nH]c2ccccc12. The number of hydrogen-bond acceptors (Lipinski definition) is 3. The first-order valence-electron chi connectivity index (χ1n) is 8.52. The van der Waals surface area contributed by atoms with Gasteiger partial charge < -0.3 is 20.4 Å². The Morgan fingerprint density at radius 1 is 1.15 bits per heavy atom. The van der Waals surface area contributed by atoms with Crippen molar-refractivity contribution in [3.8, 4) is 5.75 Å². The predicted molar refractivity (Wildman–Crippen MR) is 106 cm³/mol. The number of carbonyl (C=O) groups is 2. The van der Waals surface area contributed by atoms with Gasteiger partial charge in [0.15, 0.2) is 0 Å². The molecular formula is C20H20ClN3O3. The number of rotatable bonds is 7. The Balaban J connectivity index is 1.49. The van der Waals surface area contributed by atoms with Gasteiger partial charge in [0.05, 0.1) is 12.8 Å². The van der Waals surface area contributed by atoms with E-state index in [0.29, 0.717) is 29.4 Å². The quantitative estimate of drug-likeness (QED) is 0.544. The van der Waals surface area contributed by atoms with Crippen LogP contribution in [-0.4, -0.2) is 30.5 Å². The van der Waals surface area contributed by atoms with Crippen LogP contribution in [0.1, 0.15) is 12.0 Å². The number of methoxy groups -OCH3 is 1. The molecule has 0 fully saturated rings. The van der Waals surface area contributed by atoms with Gasteiger partial charge in [0, 0.05) is 28.7 Å². The van der Waals surface area contributed by atoms with Crippen molar-refractivity contribution in [2.24, 2.45) is 0 Å². The molecule has 0 bridgehead atoms. The molecule has 3 N–H and O–H groups in total. The van der Waals surface area contributed by atoms with E-state index in [9.17, 15) is 9.59 Å². The third-order valence-electron chi connectivity index (χ3n) is 4.15. The van der Waals surface area contributed by atoms with Gasteiger partial charge in [0.1, 0.15) is 12.2 Å². The van der Waals surface area contributed by atoms with E-state index in [4.69, 9.17) is 16.3 Å². The second-order valence-electron chi connectivity index (χ2n) is 6.03. The number of hydrogen-bond donors (Lipinski definition) is 3. The molecule has 7 heteroatoms. The normalized spacial score (nSPS) is 10.6. The summed E-state index contributed by atoms with van der Waals surface area (Å²) >= 11 is 5.93. The highest BCUT2D eigenvalue weighted by molar-refractivity contribution is 6.31. The number of H-pyrrole nitrogens is 1. The molecule has 1 heterocycles. The van der Waals surface area contributed by atoms with Crippen molar-refractivity contribution in [3.63, 3.8) is 0 Å². The largest absolute Gasteiger partial charge is 0.495 e. The molecule has 27 heavy (non-hydrogen) atoms. The first kappa shape index (κ1) is 18.8. The van der Waals surface area contributed by atoms with Crippen molar-refractivity contribution in [1.82, 2.24) is 10.3 Å². The highest BCUT2D eigenvalue weighted by Gasteiger charge is 2.12. The predicted octanol–water partition coefficient (Wildman–Crippen LogP) is 3.52. The zero-order chi connectivity index (χ0) is 19.2. The summed E-state index contributed by atoms with van der Waals surface area (Å²) in [5.74, 6) is -0.291. The number of ether oxygens (including phenoxy) is 1. The fourth-order valence-corrected chi connectivity index (χ4v) is 3.03. The summed E-state index contributed by atoms with van der Waals surface area (Å²) in [6, 6.07) is 12.9. The van der Waals surface area contributed by atoms with E-state index in [1.807, 2.05) is 30.5 Å². The molecule has 2 aromatic carbocycles. The molecule has 0 saturated carbocycles. The van der Waals surface area contributed by atoms with Crippen molar-refractivity contribution in [3.05, 3.63) is 59.2 Å². The first-order valence-corrected chi connectivity index (χ1v) is 8.89. The Morgan fingerprint density at radius 3 is 2.78 bits per heavy atom. The summed E-state index contributed by atoms with van der Waals surface area (Å²) in [7, 11) is 1.50. The number of nitrogens with one attached hydrogen (secondary N) is 3. The Labute approximate surface area is 161 Å². The molecule has 0 spiro atoms. The van der Waals surface area contributed by atoms with Gasteiger partial charge in [-0.1, -0.05) is 29.8 Å². The van der Waals surface area contributed by atoms with Gasteiger partial charge in [-0.05, 0) is 36.2 Å². The van der Waals surface area contributed by atoms with Gasteiger partial charge in [-0.3, -0.25) is 9.59 Å². The fraction of sp³-hybridized carbons (Fsp3) is 0.200. The van der Waals surface area contributed by atoms with Crippen LogP contribution in [0.25, 0.3) is 10.9 Å². The topological polar surface area (TPSA) is 83.2 Å². The molecule has 3 aromatic rings. The summed E-state index contributed by atoms with van der Waals surface area (Å²) in [6.45, 7) is 0.453. The summed E-state index contributed by atoms with van der Waals surface area (Å²) in [5.41, 5.74) is 2.62. The summed E-state index contributed by atoms with van der Waals surface area (Å²) < 4.78 is 5.17. The van der Waals surface area contributed by atoms with Crippen molar-refractivity contribution in [2.45, 2.75) is 12.8 Å². The first-order chi connectivity index (χ1) is 13.1. The van der Waals surface area contributed by atoms with Gasteiger partial charge in [0.2, 0.25) is 11.8 Å². The molecular weight excluding hydrogens is 366 g/mol. The lowest BCUT2D eigenvalue weighted by atomic mass is 10.1. The van der Waals surface area contributed by atoms with E-state index in [1.54, 1.807) is 18.2 Å². The van der Waals surface area contributed by atoms with Crippen molar-refractivity contribution >= 4 is 40.0 Å². The van der Waals surface area contributed by atoms with E-state index >= 15 is 0 Å². The van der Waals surface area contributed by atoms with Crippen LogP contribution < -0.4 is 15.4 Å². The van der Waals surface area contributed by atoms with Gasteiger partial charge in [0.25, 0.3) is 0 Å². The van der Waals surface area contributed by atoms with E-state index < -0.39 is 5.91 Å². The Hall–Kier alpha value is -2.99. The van der Waals surface area contributed by atoms with Crippen LogP contribution in [0.2, 0.25) is 5.02 Å². The second kappa shape index (κ2) is 8.60. The Morgan fingerprint density at radius 2 is 1.96 bits per heavy atom. The van der Waals surface area contributed by atoms with E-state index in [1.165, 1.54) is 7.11 Å². The third kappa shape index (κ3) is 4.80. The number of carbonyl (C=O) groups excluding carboxylic acids is 2. The molecule has 0 saturated heterocycles. The van der Waals surface area contributed by atoms with E-state index in [-0.39, 0.29) is 12.3 Å². The number of anilines is 1. The number of benzene rings is 2. The minimum absolute atomic E-state index is 0.274. The van der Waals surface area contributed by atoms with E-state index in [0.717, 1.165) is 16.5 Å². The van der Waals surface area contributed by atoms with Crippen LogP contribution in [0, 0.1) is 0 Å². The fourth-order valence-electron chi connectivity index (χ4n) is 2.86. The van der Waals surface area contributed by atoms with Crippen molar-refractivity contribution in [1.29, 1.82) is 0 Å². The van der Waals surface area contributed by atoms with Crippen LogP contribution in [0.3, 0.4) is 0 Å². The van der Waals surface area contributed by atoms with Crippen LogP contribution in [0.4, 0.5) is 5.69 Å². The maximum Gasteiger partial charge on any atom is 0.233 e. The standard InChI is InChI=1S/C20H20ClN3O3/c1-27-18-7-6-14(21)10-17(18)24-20(26)11-19(25)22-9-8-13-12-23-16-5-3-2-4-15(13)16/h2-7,10,12,23H,8-9,11H2,1H3,(H,22,25)(H,24,26). The minimum Gasteiger partial charge on any atom is -0.495 e. The molecule has 3 rings (SSSR count). The zero-order valence-corrected chi connectivity index (χ0v) is 15.6. The number of aromatic nitrogens is 1. The average Bonchev–Trinajstić information content (AvgIpc) is 3.05. The molecule has 6 nitrogen and oxygen atoms in total. The number of halogens is 1. The van der Waals surface area contributed by atoms with Gasteiger partial charge in [-0.25, -0.2) is 0 Å². The molecule has 0 radical (unpaired) electrons. The Kier molecular flexibility index (Phi) is 5.98. The minimum atomic E-state index is -0.430. The molecule has 1 aromatic heterocycles. The molecule has 2 amide bonds. The summed E-state index contributed by atoms with van der Waals surface area (Å²) in [4.78, 5) is 27.3. The molecule has 0 unspecified atom stereocenters. The summed E-state index contributed by atoms with van der Waals surface area (Å²) in [5, 5.41) is 7.02. The van der Waals surface area contributed by atoms with Crippen LogP contribution in [0.5, 0.6) is 5.75 Å². The number of amides is 2. The van der Waals surface area contributed by atoms with Gasteiger partial charge in [-0.15, -0.1) is 0 Å². The molecule has 0 atom stereocenters. The van der Waals surface area contributed by atoms with Gasteiger partial charge >= 0.3 is 0 Å². The monoisotopic (exact) mass is 385 g/mol. The highest BCUT2D eigenvalue weighted by atomic mass is 35.5. The maximum atomic E-state index is 12.1. The summed E-state index contributed by atoms with van der Waals surface area (Å²) in [6.07, 6.45) is 2.35. The number of fused-ring (bicyclic) bond motifs is 1. The number of para-hydroxylation sites is 1. The average molecular weight is 386 g/mol.